The van der Waals surface area contributed by atoms with Crippen LogP contribution in [0.3, 0.4) is 0 Å². The number of morpholine rings is 1. The van der Waals surface area contributed by atoms with Gasteiger partial charge in [0, 0.05) is 18.6 Å². The highest BCUT2D eigenvalue weighted by Crippen LogP contribution is 2.14. The van der Waals surface area contributed by atoms with Crippen LogP contribution in [0.1, 0.15) is 24.9 Å². The monoisotopic (exact) mass is 264 g/mol. The van der Waals surface area contributed by atoms with Crippen molar-refractivity contribution in [3.8, 4) is 0 Å². The summed E-state index contributed by atoms with van der Waals surface area (Å²) < 4.78 is 5.46. The first-order valence-corrected chi connectivity index (χ1v) is 7.02. The molecule has 2 rings (SSSR count). The number of aliphatic hydroxyl groups excluding tert-OH is 1. The highest BCUT2D eigenvalue weighted by Gasteiger charge is 2.19. The molecule has 1 heterocycles. The van der Waals surface area contributed by atoms with Gasteiger partial charge in [-0.25, -0.2) is 0 Å². The van der Waals surface area contributed by atoms with E-state index in [9.17, 15) is 5.11 Å². The standard InChI is InChI=1S/C15H24N2O2/c1-12(9-14-11-19-8-7-16-14)17-15(10-18)13-5-3-2-4-6-13/h2-6,12,14-18H,7-11H2,1H3. The predicted octanol–water partition coefficient (Wildman–Crippen LogP) is 1.08. The molecule has 3 N–H and O–H groups in total. The van der Waals surface area contributed by atoms with Crippen LogP contribution < -0.4 is 10.6 Å². The van der Waals surface area contributed by atoms with Crippen molar-refractivity contribution >= 4 is 0 Å². The van der Waals surface area contributed by atoms with E-state index in [4.69, 9.17) is 4.74 Å². The third kappa shape index (κ3) is 4.58. The summed E-state index contributed by atoms with van der Waals surface area (Å²) >= 11 is 0. The van der Waals surface area contributed by atoms with Crippen molar-refractivity contribution in [3.05, 3.63) is 35.9 Å². The molecule has 3 atom stereocenters. The Kier molecular flexibility index (Phi) is 5.79. The highest BCUT2D eigenvalue weighted by molar-refractivity contribution is 5.19. The average Bonchev–Trinajstić information content (AvgIpc) is 2.47. The molecular weight excluding hydrogens is 240 g/mol. The fourth-order valence-electron chi connectivity index (χ4n) is 2.55. The Balaban J connectivity index is 1.84. The number of nitrogens with one attached hydrogen (secondary N) is 2. The van der Waals surface area contributed by atoms with Gasteiger partial charge in [-0.3, -0.25) is 0 Å². The third-order valence-electron chi connectivity index (χ3n) is 3.51. The second-order valence-electron chi connectivity index (χ2n) is 5.18. The largest absolute Gasteiger partial charge is 0.394 e. The summed E-state index contributed by atoms with van der Waals surface area (Å²) in [6.45, 7) is 4.78. The molecule has 4 heteroatoms. The fourth-order valence-corrected chi connectivity index (χ4v) is 2.55. The first-order chi connectivity index (χ1) is 9.29. The molecule has 0 radical (unpaired) electrons. The molecule has 1 fully saturated rings. The molecule has 3 unspecified atom stereocenters. The van der Waals surface area contributed by atoms with Crippen molar-refractivity contribution in [1.29, 1.82) is 0 Å². The number of ether oxygens (including phenoxy) is 1. The molecule has 0 aromatic heterocycles. The lowest BCUT2D eigenvalue weighted by Gasteiger charge is -2.29. The lowest BCUT2D eigenvalue weighted by molar-refractivity contribution is 0.0702. The van der Waals surface area contributed by atoms with Crippen molar-refractivity contribution in [2.24, 2.45) is 0 Å². The van der Waals surface area contributed by atoms with E-state index < -0.39 is 0 Å². The highest BCUT2D eigenvalue weighted by atomic mass is 16.5. The maximum Gasteiger partial charge on any atom is 0.0626 e. The van der Waals surface area contributed by atoms with E-state index in [2.05, 4.69) is 17.6 Å². The van der Waals surface area contributed by atoms with Gasteiger partial charge in [-0.15, -0.1) is 0 Å². The van der Waals surface area contributed by atoms with Gasteiger partial charge in [0.05, 0.1) is 25.9 Å². The number of aliphatic hydroxyl groups is 1. The van der Waals surface area contributed by atoms with Crippen LogP contribution >= 0.6 is 0 Å². The minimum atomic E-state index is 0.000656. The molecule has 0 aliphatic carbocycles. The maximum atomic E-state index is 9.53. The van der Waals surface area contributed by atoms with E-state index >= 15 is 0 Å². The first kappa shape index (κ1) is 14.5. The van der Waals surface area contributed by atoms with E-state index in [1.165, 1.54) is 0 Å². The average molecular weight is 264 g/mol. The van der Waals surface area contributed by atoms with Gasteiger partial charge >= 0.3 is 0 Å². The molecule has 1 saturated heterocycles. The van der Waals surface area contributed by atoms with Crippen LogP contribution in [-0.2, 0) is 4.74 Å². The number of hydrogen-bond acceptors (Lipinski definition) is 4. The molecule has 1 aliphatic heterocycles. The quantitative estimate of drug-likeness (QED) is 0.719. The summed E-state index contributed by atoms with van der Waals surface area (Å²) in [6, 6.07) is 10.8. The zero-order chi connectivity index (χ0) is 13.5. The molecule has 19 heavy (non-hydrogen) atoms. The van der Waals surface area contributed by atoms with Crippen molar-refractivity contribution in [1.82, 2.24) is 10.6 Å². The Morgan fingerprint density at radius 1 is 1.42 bits per heavy atom. The van der Waals surface area contributed by atoms with Crippen LogP contribution in [-0.4, -0.2) is 43.6 Å². The summed E-state index contributed by atoms with van der Waals surface area (Å²) in [6.07, 6.45) is 1.00. The normalized spacial score (nSPS) is 22.9. The Morgan fingerprint density at radius 3 is 2.84 bits per heavy atom. The van der Waals surface area contributed by atoms with Crippen LogP contribution in [0.25, 0.3) is 0 Å². The van der Waals surface area contributed by atoms with Crippen molar-refractivity contribution in [2.45, 2.75) is 31.5 Å². The van der Waals surface area contributed by atoms with Gasteiger partial charge < -0.3 is 20.5 Å². The minimum absolute atomic E-state index is 0.000656. The van der Waals surface area contributed by atoms with Crippen LogP contribution in [0.15, 0.2) is 30.3 Å². The molecule has 106 valence electrons. The van der Waals surface area contributed by atoms with Gasteiger partial charge in [0.15, 0.2) is 0 Å². The second-order valence-corrected chi connectivity index (χ2v) is 5.18. The van der Waals surface area contributed by atoms with E-state index in [-0.39, 0.29) is 12.6 Å². The Morgan fingerprint density at radius 2 is 2.21 bits per heavy atom. The summed E-state index contributed by atoms with van der Waals surface area (Å²) in [5.74, 6) is 0. The van der Waals surface area contributed by atoms with Gasteiger partial charge in [0.25, 0.3) is 0 Å². The topological polar surface area (TPSA) is 53.5 Å². The maximum absolute atomic E-state index is 9.53. The molecule has 1 aromatic carbocycles. The molecule has 0 saturated carbocycles. The van der Waals surface area contributed by atoms with Gasteiger partial charge in [-0.2, -0.15) is 0 Å². The van der Waals surface area contributed by atoms with Gasteiger partial charge in [0.1, 0.15) is 0 Å². The number of benzene rings is 1. The number of rotatable bonds is 6. The molecule has 0 spiro atoms. The van der Waals surface area contributed by atoms with Crippen LogP contribution in [0, 0.1) is 0 Å². The van der Waals surface area contributed by atoms with Gasteiger partial charge in [-0.1, -0.05) is 30.3 Å². The molecule has 0 amide bonds. The molecular formula is C15H24N2O2. The SMILES string of the molecule is CC(CC1COCCN1)NC(CO)c1ccccc1. The van der Waals surface area contributed by atoms with Gasteiger partial charge in [0.2, 0.25) is 0 Å². The lowest BCUT2D eigenvalue weighted by Crippen LogP contribution is -2.45. The number of hydrogen-bond donors (Lipinski definition) is 3. The Labute approximate surface area is 115 Å². The van der Waals surface area contributed by atoms with Gasteiger partial charge in [-0.05, 0) is 18.9 Å². The lowest BCUT2D eigenvalue weighted by atomic mass is 10.0. The predicted molar refractivity (Wildman–Crippen MR) is 76.1 cm³/mol. The summed E-state index contributed by atoms with van der Waals surface area (Å²) in [5.41, 5.74) is 1.13. The Hall–Kier alpha value is -0.940. The van der Waals surface area contributed by atoms with E-state index in [0.717, 1.165) is 31.7 Å². The third-order valence-corrected chi connectivity index (χ3v) is 3.51. The zero-order valence-corrected chi connectivity index (χ0v) is 11.5. The van der Waals surface area contributed by atoms with Crippen LogP contribution in [0.4, 0.5) is 0 Å². The van der Waals surface area contributed by atoms with E-state index in [1.807, 2.05) is 30.3 Å². The molecule has 1 aliphatic rings. The van der Waals surface area contributed by atoms with E-state index in [0.29, 0.717) is 12.1 Å². The molecule has 1 aromatic rings. The molecule has 0 bridgehead atoms. The van der Waals surface area contributed by atoms with Crippen LogP contribution in [0.2, 0.25) is 0 Å². The summed E-state index contributed by atoms with van der Waals surface area (Å²) in [7, 11) is 0. The van der Waals surface area contributed by atoms with Crippen LogP contribution in [0.5, 0.6) is 0 Å². The van der Waals surface area contributed by atoms with Crippen molar-refractivity contribution in [3.63, 3.8) is 0 Å². The Bertz CT molecular complexity index is 352. The first-order valence-electron chi connectivity index (χ1n) is 7.02. The smallest absolute Gasteiger partial charge is 0.0626 e. The minimum Gasteiger partial charge on any atom is -0.394 e. The van der Waals surface area contributed by atoms with Crippen molar-refractivity contribution < 1.29 is 9.84 Å². The summed E-state index contributed by atoms with van der Waals surface area (Å²) in [5, 5.41) is 16.5. The molecule has 4 nitrogen and oxygen atoms in total. The fraction of sp³-hybridized carbons (Fsp3) is 0.600. The second kappa shape index (κ2) is 7.60. The van der Waals surface area contributed by atoms with E-state index in [1.54, 1.807) is 0 Å². The summed E-state index contributed by atoms with van der Waals surface area (Å²) in [4.78, 5) is 0. The van der Waals surface area contributed by atoms with Crippen molar-refractivity contribution in [2.75, 3.05) is 26.4 Å². The zero-order valence-electron chi connectivity index (χ0n) is 11.5.